The summed E-state index contributed by atoms with van der Waals surface area (Å²) >= 11 is 0. The lowest BCUT2D eigenvalue weighted by molar-refractivity contribution is 0.418. The number of rotatable bonds is 5. The molecule has 0 N–H and O–H groups in total. The lowest BCUT2D eigenvalue weighted by Crippen LogP contribution is -2.68. The van der Waals surface area contributed by atoms with Crippen molar-refractivity contribution in [2.45, 2.75) is 33.5 Å². The van der Waals surface area contributed by atoms with E-state index in [0.29, 0.717) is 0 Å². The fraction of sp³-hybridized carbons (Fsp3) is 1.00. The molecule has 0 aliphatic carbocycles. The van der Waals surface area contributed by atoms with Crippen molar-refractivity contribution >= 4 is 16.2 Å². The van der Waals surface area contributed by atoms with Crippen molar-refractivity contribution in [1.29, 1.82) is 0 Å². The van der Waals surface area contributed by atoms with E-state index < -0.39 is 16.2 Å². The highest BCUT2D eigenvalue weighted by molar-refractivity contribution is 7.29. The predicted molar refractivity (Wildman–Crippen MR) is 67.1 cm³/mol. The molecule has 0 radical (unpaired) electrons. The Balaban J connectivity index is 4.75. The van der Waals surface area contributed by atoms with E-state index in [1.165, 1.54) is 13.1 Å². The summed E-state index contributed by atoms with van der Waals surface area (Å²) in [6.07, 6.45) is 0. The Morgan fingerprint density at radius 1 is 1.08 bits per heavy atom. The molecule has 0 heterocycles. The van der Waals surface area contributed by atoms with Crippen LogP contribution in [-0.4, -0.2) is 52.5 Å². The van der Waals surface area contributed by atoms with Crippen LogP contribution in [0.4, 0.5) is 0 Å². The first-order valence-corrected chi connectivity index (χ1v) is 11.8. The van der Waals surface area contributed by atoms with Crippen molar-refractivity contribution in [3.8, 4) is 0 Å². The van der Waals surface area contributed by atoms with E-state index in [1.54, 1.807) is 0 Å². The van der Waals surface area contributed by atoms with Crippen LogP contribution in [0.3, 0.4) is 0 Å². The highest BCUT2D eigenvalue weighted by atomic mass is 29.2. The van der Waals surface area contributed by atoms with Gasteiger partial charge in [-0.25, -0.2) is 0 Å². The van der Waals surface area contributed by atoms with Gasteiger partial charge < -0.3 is 9.13 Å². The second-order valence-electron chi connectivity index (χ2n) is 4.32. The van der Waals surface area contributed by atoms with Gasteiger partial charge in [0.15, 0.2) is 7.91 Å². The van der Waals surface area contributed by atoms with E-state index in [9.17, 15) is 0 Å². The van der Waals surface area contributed by atoms with E-state index in [2.05, 4.69) is 56.7 Å². The van der Waals surface area contributed by atoms with Gasteiger partial charge >= 0.3 is 0 Å². The molecular weight excluding hydrogens is 192 g/mol. The van der Waals surface area contributed by atoms with E-state index in [0.717, 1.165) is 0 Å². The van der Waals surface area contributed by atoms with E-state index in [-0.39, 0.29) is 0 Å². The van der Waals surface area contributed by atoms with Crippen LogP contribution in [0, 0.1) is 0 Å². The normalized spacial score (nSPS) is 17.1. The molecule has 0 spiro atoms. The van der Waals surface area contributed by atoms with Gasteiger partial charge in [-0.3, -0.25) is 0 Å². The molecule has 13 heavy (non-hydrogen) atoms. The van der Waals surface area contributed by atoms with Crippen molar-refractivity contribution in [2.75, 3.05) is 27.2 Å². The van der Waals surface area contributed by atoms with Gasteiger partial charge in [-0.2, -0.15) is 0 Å². The smallest absolute Gasteiger partial charge is 0.184 e. The van der Waals surface area contributed by atoms with Crippen LogP contribution in [0.2, 0.25) is 19.6 Å². The summed E-state index contributed by atoms with van der Waals surface area (Å²) in [4.78, 5) is 0. The second-order valence-corrected chi connectivity index (χ2v) is 17.1. The Morgan fingerprint density at radius 3 is 1.54 bits per heavy atom. The molecule has 0 bridgehead atoms. The average molecular weight is 218 g/mol. The van der Waals surface area contributed by atoms with Gasteiger partial charge in [0.05, 0.1) is 8.31 Å². The molecule has 0 rings (SSSR count). The first-order valence-electron chi connectivity index (χ1n) is 5.33. The van der Waals surface area contributed by atoms with Crippen LogP contribution in [-0.2, 0) is 0 Å². The zero-order valence-electron chi connectivity index (χ0n) is 10.4. The lowest BCUT2D eigenvalue weighted by Gasteiger charge is -2.45. The number of nitrogens with zero attached hydrogens (tertiary/aromatic N) is 2. The van der Waals surface area contributed by atoms with E-state index >= 15 is 0 Å². The van der Waals surface area contributed by atoms with Gasteiger partial charge in [-0.15, -0.1) is 0 Å². The Bertz CT molecular complexity index is 137. The standard InChI is InChI=1S/C9H26N2Si2/c1-8-11(9-2)13(7,10(3)4)12(5)6/h12H,8-9H2,1-7H3. The summed E-state index contributed by atoms with van der Waals surface area (Å²) < 4.78 is 5.24. The molecule has 0 saturated heterocycles. The van der Waals surface area contributed by atoms with Crippen LogP contribution in [0.5, 0.6) is 0 Å². The molecule has 0 aliphatic rings. The maximum Gasteiger partial charge on any atom is 0.184 e. The average Bonchev–Trinajstić information content (AvgIpc) is 2.05. The zero-order chi connectivity index (χ0) is 10.6. The molecule has 0 aromatic carbocycles. The van der Waals surface area contributed by atoms with Crippen molar-refractivity contribution in [3.63, 3.8) is 0 Å². The molecule has 0 aromatic heterocycles. The van der Waals surface area contributed by atoms with Crippen LogP contribution < -0.4 is 0 Å². The highest BCUT2D eigenvalue weighted by Gasteiger charge is 2.39. The SMILES string of the molecule is CCN(CC)[Si](C)(N(C)C)[SiH](C)C. The lowest BCUT2D eigenvalue weighted by atomic mass is 10.7. The number of hydrogen-bond donors (Lipinski definition) is 0. The molecule has 2 nitrogen and oxygen atoms in total. The van der Waals surface area contributed by atoms with Crippen LogP contribution in [0.1, 0.15) is 13.8 Å². The summed E-state index contributed by atoms with van der Waals surface area (Å²) in [5.41, 5.74) is 0. The minimum atomic E-state index is -1.23. The van der Waals surface area contributed by atoms with Gasteiger partial charge in [-0.1, -0.05) is 26.9 Å². The Labute approximate surface area is 86.5 Å². The summed E-state index contributed by atoms with van der Waals surface area (Å²) in [5.74, 6) is 0. The first kappa shape index (κ1) is 13.4. The van der Waals surface area contributed by atoms with Crippen LogP contribution in [0.25, 0.3) is 0 Å². The maximum absolute atomic E-state index is 2.71. The van der Waals surface area contributed by atoms with E-state index in [4.69, 9.17) is 0 Å². The third kappa shape index (κ3) is 2.65. The molecule has 4 heteroatoms. The molecule has 0 saturated carbocycles. The molecule has 1 unspecified atom stereocenters. The van der Waals surface area contributed by atoms with Crippen LogP contribution >= 0.6 is 0 Å². The molecule has 0 aromatic rings. The quantitative estimate of drug-likeness (QED) is 0.646. The molecule has 0 amide bonds. The Kier molecular flexibility index (Phi) is 5.43. The summed E-state index contributed by atoms with van der Waals surface area (Å²) in [6.45, 7) is 14.5. The molecule has 0 aliphatic heterocycles. The van der Waals surface area contributed by atoms with Crippen LogP contribution in [0.15, 0.2) is 0 Å². The molecular formula is C9H26N2Si2. The fourth-order valence-corrected chi connectivity index (χ4v) is 12.0. The monoisotopic (exact) mass is 218 g/mol. The van der Waals surface area contributed by atoms with Crippen molar-refractivity contribution in [3.05, 3.63) is 0 Å². The highest BCUT2D eigenvalue weighted by Crippen LogP contribution is 2.15. The topological polar surface area (TPSA) is 6.48 Å². The maximum atomic E-state index is 2.71. The van der Waals surface area contributed by atoms with Crippen molar-refractivity contribution < 1.29 is 0 Å². The van der Waals surface area contributed by atoms with Crippen molar-refractivity contribution in [1.82, 2.24) is 9.13 Å². The Hall–Kier alpha value is 0.354. The fourth-order valence-electron chi connectivity index (χ4n) is 2.03. The Morgan fingerprint density at radius 2 is 1.46 bits per heavy atom. The second kappa shape index (κ2) is 5.29. The van der Waals surface area contributed by atoms with Gasteiger partial charge in [0.25, 0.3) is 0 Å². The van der Waals surface area contributed by atoms with Gasteiger partial charge in [0.1, 0.15) is 0 Å². The first-order chi connectivity index (χ1) is 5.91. The summed E-state index contributed by atoms with van der Waals surface area (Å²) in [6, 6.07) is 0. The minimum Gasteiger partial charge on any atom is -0.320 e. The number of hydrogen-bond acceptors (Lipinski definition) is 2. The molecule has 1 atom stereocenters. The molecule has 80 valence electrons. The largest absolute Gasteiger partial charge is 0.320 e. The van der Waals surface area contributed by atoms with Gasteiger partial charge in [-0.05, 0) is 33.7 Å². The van der Waals surface area contributed by atoms with Gasteiger partial charge in [0.2, 0.25) is 0 Å². The van der Waals surface area contributed by atoms with Gasteiger partial charge in [0, 0.05) is 0 Å². The third-order valence-corrected chi connectivity index (χ3v) is 18.5. The third-order valence-electron chi connectivity index (χ3n) is 3.40. The van der Waals surface area contributed by atoms with Crippen molar-refractivity contribution in [2.24, 2.45) is 0 Å². The summed E-state index contributed by atoms with van der Waals surface area (Å²) in [5, 5.41) is 0. The minimum absolute atomic E-state index is 0.561. The molecule has 0 fully saturated rings. The zero-order valence-corrected chi connectivity index (χ0v) is 12.5. The predicted octanol–water partition coefficient (Wildman–Crippen LogP) is 1.53. The van der Waals surface area contributed by atoms with E-state index in [1.807, 2.05) is 0 Å². The summed E-state index contributed by atoms with van der Waals surface area (Å²) in [7, 11) is 2.73.